The summed E-state index contributed by atoms with van der Waals surface area (Å²) in [6.45, 7) is 4.47. The number of carbonyl (C=O) groups excluding carboxylic acids is 1. The molecule has 1 amide bonds. The molecule has 88 valence electrons. The van der Waals surface area contributed by atoms with Crippen LogP contribution in [0.4, 0.5) is 0 Å². The lowest BCUT2D eigenvalue weighted by molar-refractivity contribution is -0.124. The first-order chi connectivity index (χ1) is 7.67. The molecule has 1 rings (SSSR count). The predicted molar refractivity (Wildman–Crippen MR) is 63.7 cm³/mol. The summed E-state index contributed by atoms with van der Waals surface area (Å²) in [4.78, 5) is 11.5. The van der Waals surface area contributed by atoms with Crippen LogP contribution in [0.2, 0.25) is 0 Å². The van der Waals surface area contributed by atoms with Crippen LogP contribution in [0.1, 0.15) is 31.4 Å². The molecule has 0 bridgehead atoms. The first-order valence-electron chi connectivity index (χ1n) is 5.63. The second-order valence-electron chi connectivity index (χ2n) is 4.01. The molecule has 0 spiro atoms. The molecular weight excluding hydrogens is 202 g/mol. The van der Waals surface area contributed by atoms with Crippen LogP contribution in [-0.4, -0.2) is 11.0 Å². The Morgan fingerprint density at radius 1 is 1.44 bits per heavy atom. The van der Waals surface area contributed by atoms with E-state index in [1.54, 1.807) is 0 Å². The summed E-state index contributed by atoms with van der Waals surface area (Å²) in [6.07, 6.45) is 0.850. The van der Waals surface area contributed by atoms with E-state index in [9.17, 15) is 4.79 Å². The molecule has 1 atom stereocenters. The molecule has 0 saturated carbocycles. The predicted octanol–water partition coefficient (Wildman–Crippen LogP) is 1.84. The Morgan fingerprint density at radius 2 is 2.12 bits per heavy atom. The van der Waals surface area contributed by atoms with Gasteiger partial charge in [-0.25, -0.2) is 0 Å². The number of aliphatic hydroxyl groups is 1. The summed E-state index contributed by atoms with van der Waals surface area (Å²) in [5, 5.41) is 11.9. The van der Waals surface area contributed by atoms with Crippen LogP contribution in [0, 0.1) is 5.92 Å². The summed E-state index contributed by atoms with van der Waals surface area (Å²) in [5.74, 6) is 0.137. The SMILES string of the molecule is CCC(C)C(=O)NCc1cccc(CO)c1. The Balaban J connectivity index is 2.51. The highest BCUT2D eigenvalue weighted by Gasteiger charge is 2.09. The van der Waals surface area contributed by atoms with Gasteiger partial charge in [-0.05, 0) is 17.5 Å². The minimum atomic E-state index is 0.0349. The summed E-state index contributed by atoms with van der Waals surface area (Å²) >= 11 is 0. The van der Waals surface area contributed by atoms with Crippen LogP contribution in [0.15, 0.2) is 24.3 Å². The van der Waals surface area contributed by atoms with Crippen molar-refractivity contribution in [3.63, 3.8) is 0 Å². The van der Waals surface area contributed by atoms with Gasteiger partial charge in [-0.15, -0.1) is 0 Å². The average molecular weight is 221 g/mol. The molecule has 16 heavy (non-hydrogen) atoms. The lowest BCUT2D eigenvalue weighted by Crippen LogP contribution is -2.28. The van der Waals surface area contributed by atoms with Crippen LogP contribution in [0.25, 0.3) is 0 Å². The van der Waals surface area contributed by atoms with Gasteiger partial charge in [-0.1, -0.05) is 38.1 Å². The van der Waals surface area contributed by atoms with E-state index in [4.69, 9.17) is 5.11 Å². The second-order valence-corrected chi connectivity index (χ2v) is 4.01. The van der Waals surface area contributed by atoms with E-state index in [0.717, 1.165) is 17.5 Å². The Kier molecular flexibility index (Phi) is 4.99. The van der Waals surface area contributed by atoms with Gasteiger partial charge in [-0.3, -0.25) is 4.79 Å². The summed E-state index contributed by atoms with van der Waals surface area (Å²) in [5.41, 5.74) is 1.89. The molecule has 0 heterocycles. The Morgan fingerprint density at radius 3 is 2.75 bits per heavy atom. The van der Waals surface area contributed by atoms with Gasteiger partial charge in [0.1, 0.15) is 0 Å². The van der Waals surface area contributed by atoms with E-state index < -0.39 is 0 Å². The maximum absolute atomic E-state index is 11.5. The molecule has 0 aromatic heterocycles. The van der Waals surface area contributed by atoms with E-state index in [0.29, 0.717) is 6.54 Å². The fourth-order valence-corrected chi connectivity index (χ4v) is 1.39. The van der Waals surface area contributed by atoms with Crippen molar-refractivity contribution in [2.75, 3.05) is 0 Å². The monoisotopic (exact) mass is 221 g/mol. The van der Waals surface area contributed by atoms with Crippen LogP contribution < -0.4 is 5.32 Å². The number of amides is 1. The van der Waals surface area contributed by atoms with Gasteiger partial charge in [0.05, 0.1) is 6.61 Å². The van der Waals surface area contributed by atoms with E-state index >= 15 is 0 Å². The van der Waals surface area contributed by atoms with Crippen molar-refractivity contribution < 1.29 is 9.90 Å². The lowest BCUT2D eigenvalue weighted by Gasteiger charge is -2.10. The third kappa shape index (κ3) is 3.66. The quantitative estimate of drug-likeness (QED) is 0.797. The molecule has 3 heteroatoms. The van der Waals surface area contributed by atoms with Crippen molar-refractivity contribution in [1.82, 2.24) is 5.32 Å². The maximum atomic E-state index is 11.5. The third-order valence-electron chi connectivity index (χ3n) is 2.70. The first kappa shape index (κ1) is 12.7. The van der Waals surface area contributed by atoms with Crippen LogP contribution in [-0.2, 0) is 17.9 Å². The number of carbonyl (C=O) groups is 1. The van der Waals surface area contributed by atoms with Gasteiger partial charge in [0.15, 0.2) is 0 Å². The van der Waals surface area contributed by atoms with E-state index in [1.807, 2.05) is 38.1 Å². The average Bonchev–Trinajstić information content (AvgIpc) is 2.35. The van der Waals surface area contributed by atoms with Crippen molar-refractivity contribution in [3.05, 3.63) is 35.4 Å². The number of rotatable bonds is 5. The summed E-state index contributed by atoms with van der Waals surface area (Å²) in [7, 11) is 0. The van der Waals surface area contributed by atoms with Crippen LogP contribution in [0.3, 0.4) is 0 Å². The van der Waals surface area contributed by atoms with E-state index in [1.165, 1.54) is 0 Å². The molecule has 0 aliphatic rings. The molecule has 1 unspecified atom stereocenters. The van der Waals surface area contributed by atoms with Crippen molar-refractivity contribution in [2.45, 2.75) is 33.4 Å². The highest BCUT2D eigenvalue weighted by atomic mass is 16.3. The number of nitrogens with one attached hydrogen (secondary N) is 1. The number of aliphatic hydroxyl groups excluding tert-OH is 1. The lowest BCUT2D eigenvalue weighted by atomic mass is 10.1. The molecule has 0 aliphatic carbocycles. The standard InChI is InChI=1S/C13H19NO2/c1-3-10(2)13(16)14-8-11-5-4-6-12(7-11)9-15/h4-7,10,15H,3,8-9H2,1-2H3,(H,14,16). The highest BCUT2D eigenvalue weighted by molar-refractivity contribution is 5.78. The highest BCUT2D eigenvalue weighted by Crippen LogP contribution is 2.06. The van der Waals surface area contributed by atoms with Gasteiger partial charge in [0, 0.05) is 12.5 Å². The maximum Gasteiger partial charge on any atom is 0.223 e. The van der Waals surface area contributed by atoms with Crippen LogP contribution in [0.5, 0.6) is 0 Å². The normalized spacial score (nSPS) is 12.2. The fraction of sp³-hybridized carbons (Fsp3) is 0.462. The molecule has 1 aromatic rings. The molecule has 0 aliphatic heterocycles. The zero-order valence-corrected chi connectivity index (χ0v) is 9.86. The Bertz CT molecular complexity index is 350. The van der Waals surface area contributed by atoms with Gasteiger partial charge in [0.25, 0.3) is 0 Å². The minimum Gasteiger partial charge on any atom is -0.392 e. The summed E-state index contributed by atoms with van der Waals surface area (Å²) < 4.78 is 0. The van der Waals surface area contributed by atoms with E-state index in [-0.39, 0.29) is 18.4 Å². The fourth-order valence-electron chi connectivity index (χ4n) is 1.39. The van der Waals surface area contributed by atoms with Gasteiger partial charge >= 0.3 is 0 Å². The first-order valence-corrected chi connectivity index (χ1v) is 5.63. The zero-order valence-electron chi connectivity index (χ0n) is 9.86. The Hall–Kier alpha value is -1.35. The number of hydrogen-bond donors (Lipinski definition) is 2. The zero-order chi connectivity index (χ0) is 12.0. The van der Waals surface area contributed by atoms with Gasteiger partial charge < -0.3 is 10.4 Å². The summed E-state index contributed by atoms with van der Waals surface area (Å²) in [6, 6.07) is 7.59. The minimum absolute atomic E-state index is 0.0349. The molecule has 2 N–H and O–H groups in total. The smallest absolute Gasteiger partial charge is 0.223 e. The molecule has 0 fully saturated rings. The van der Waals surface area contributed by atoms with Crippen LogP contribution >= 0.6 is 0 Å². The van der Waals surface area contributed by atoms with Crippen molar-refractivity contribution >= 4 is 5.91 Å². The molecule has 0 radical (unpaired) electrons. The molecule has 0 saturated heterocycles. The third-order valence-corrected chi connectivity index (χ3v) is 2.70. The van der Waals surface area contributed by atoms with Crippen molar-refractivity contribution in [3.8, 4) is 0 Å². The molecule has 1 aromatic carbocycles. The second kappa shape index (κ2) is 6.28. The van der Waals surface area contributed by atoms with Crippen molar-refractivity contribution in [2.24, 2.45) is 5.92 Å². The Labute approximate surface area is 96.5 Å². The van der Waals surface area contributed by atoms with Gasteiger partial charge in [0.2, 0.25) is 5.91 Å². The molecule has 3 nitrogen and oxygen atoms in total. The number of hydrogen-bond acceptors (Lipinski definition) is 2. The van der Waals surface area contributed by atoms with Gasteiger partial charge in [-0.2, -0.15) is 0 Å². The molecular formula is C13H19NO2. The largest absolute Gasteiger partial charge is 0.392 e. The van der Waals surface area contributed by atoms with E-state index in [2.05, 4.69) is 5.32 Å². The topological polar surface area (TPSA) is 49.3 Å². The van der Waals surface area contributed by atoms with Crippen molar-refractivity contribution in [1.29, 1.82) is 0 Å². The number of benzene rings is 1.